The molecule has 1 nitrogen and oxygen atoms in total. The van der Waals surface area contributed by atoms with Crippen LogP contribution in [0.4, 0.5) is 0 Å². The zero-order valence-corrected chi connectivity index (χ0v) is 14.7. The molecule has 0 fully saturated rings. The maximum atomic E-state index is 10.4. The van der Waals surface area contributed by atoms with Crippen LogP contribution in [0.1, 0.15) is 73.1 Å². The topological polar surface area (TPSA) is 20.2 Å². The quantitative estimate of drug-likeness (QED) is 0.647. The molecular formula is C20H34O. The minimum absolute atomic E-state index is 0.573. The molecule has 1 unspecified atom stereocenters. The lowest BCUT2D eigenvalue weighted by Gasteiger charge is -2.25. The lowest BCUT2D eigenvalue weighted by molar-refractivity contribution is 0.102. The molecule has 0 radical (unpaired) electrons. The summed E-state index contributed by atoms with van der Waals surface area (Å²) < 4.78 is 0. The average Bonchev–Trinajstić information content (AvgIpc) is 2.37. The van der Waals surface area contributed by atoms with E-state index in [4.69, 9.17) is 0 Å². The van der Waals surface area contributed by atoms with Crippen LogP contribution in [0.3, 0.4) is 0 Å². The third-order valence-electron chi connectivity index (χ3n) is 4.62. The summed E-state index contributed by atoms with van der Waals surface area (Å²) in [6.07, 6.45) is 15.5. The summed E-state index contributed by atoms with van der Waals surface area (Å²) in [4.78, 5) is 0. The fourth-order valence-electron chi connectivity index (χ4n) is 2.94. The molecular weight excluding hydrogens is 256 g/mol. The summed E-state index contributed by atoms with van der Waals surface area (Å²) in [6, 6.07) is 0. The molecule has 0 bridgehead atoms. The number of rotatable bonds is 4. The molecule has 0 aromatic carbocycles. The van der Waals surface area contributed by atoms with E-state index in [1.54, 1.807) is 0 Å². The summed E-state index contributed by atoms with van der Waals surface area (Å²) in [5.74, 6) is 1.24. The second kappa shape index (κ2) is 8.58. The molecule has 1 aliphatic rings. The smallest absolute Gasteiger partial charge is 0.0802 e. The summed E-state index contributed by atoms with van der Waals surface area (Å²) >= 11 is 0. The van der Waals surface area contributed by atoms with Crippen molar-refractivity contribution < 1.29 is 5.11 Å². The van der Waals surface area contributed by atoms with Gasteiger partial charge >= 0.3 is 0 Å². The lowest BCUT2D eigenvalue weighted by atomic mass is 9.83. The molecule has 1 N–H and O–H groups in total. The number of hydrogen-bond donors (Lipinski definition) is 1. The van der Waals surface area contributed by atoms with Gasteiger partial charge in [0.1, 0.15) is 0 Å². The Hall–Kier alpha value is -0.820. The Kier molecular flexibility index (Phi) is 7.45. The van der Waals surface area contributed by atoms with Gasteiger partial charge in [-0.05, 0) is 78.1 Å². The SMILES string of the molecule is CC(C)=CCCC(C)[C@H]1/C=C/[C@@](C)(O)CC/C=C(\C)CC1. The molecule has 1 aliphatic carbocycles. The van der Waals surface area contributed by atoms with Crippen molar-refractivity contribution in [2.75, 3.05) is 0 Å². The largest absolute Gasteiger partial charge is 0.386 e. The van der Waals surface area contributed by atoms with Crippen LogP contribution in [0.15, 0.2) is 35.5 Å². The molecule has 0 aromatic rings. The van der Waals surface area contributed by atoms with Gasteiger partial charge in [-0.2, -0.15) is 0 Å². The van der Waals surface area contributed by atoms with E-state index in [2.05, 4.69) is 45.9 Å². The van der Waals surface area contributed by atoms with Gasteiger partial charge in [0.15, 0.2) is 0 Å². The second-order valence-electron chi connectivity index (χ2n) is 7.34. The highest BCUT2D eigenvalue weighted by molar-refractivity contribution is 5.07. The van der Waals surface area contributed by atoms with Crippen molar-refractivity contribution >= 4 is 0 Å². The molecule has 0 saturated heterocycles. The summed E-state index contributed by atoms with van der Waals surface area (Å²) in [7, 11) is 0. The molecule has 21 heavy (non-hydrogen) atoms. The van der Waals surface area contributed by atoms with Gasteiger partial charge < -0.3 is 5.11 Å². The predicted octanol–water partition coefficient (Wildman–Crippen LogP) is 5.81. The van der Waals surface area contributed by atoms with Gasteiger partial charge in [0.2, 0.25) is 0 Å². The fourth-order valence-corrected chi connectivity index (χ4v) is 2.94. The van der Waals surface area contributed by atoms with E-state index in [9.17, 15) is 5.11 Å². The first-order valence-electron chi connectivity index (χ1n) is 8.51. The van der Waals surface area contributed by atoms with Crippen molar-refractivity contribution in [1.29, 1.82) is 0 Å². The van der Waals surface area contributed by atoms with Gasteiger partial charge in [0.05, 0.1) is 5.60 Å². The van der Waals surface area contributed by atoms with Crippen LogP contribution in [0, 0.1) is 11.8 Å². The van der Waals surface area contributed by atoms with Gasteiger partial charge in [-0.1, -0.05) is 42.4 Å². The van der Waals surface area contributed by atoms with Crippen molar-refractivity contribution in [3.05, 3.63) is 35.5 Å². The third-order valence-corrected chi connectivity index (χ3v) is 4.62. The number of hydrogen-bond acceptors (Lipinski definition) is 1. The van der Waals surface area contributed by atoms with Crippen molar-refractivity contribution in [3.63, 3.8) is 0 Å². The maximum absolute atomic E-state index is 10.4. The van der Waals surface area contributed by atoms with Crippen LogP contribution < -0.4 is 0 Å². The normalized spacial score (nSPS) is 32.7. The molecule has 0 spiro atoms. The van der Waals surface area contributed by atoms with Crippen LogP contribution in [0.2, 0.25) is 0 Å². The first-order chi connectivity index (χ1) is 9.80. The minimum Gasteiger partial charge on any atom is -0.386 e. The molecule has 120 valence electrons. The Morgan fingerprint density at radius 3 is 2.86 bits per heavy atom. The summed E-state index contributed by atoms with van der Waals surface area (Å²) in [6.45, 7) is 10.8. The van der Waals surface area contributed by atoms with Crippen LogP contribution in [-0.2, 0) is 0 Å². The van der Waals surface area contributed by atoms with Gasteiger partial charge in [0.25, 0.3) is 0 Å². The Morgan fingerprint density at radius 2 is 2.19 bits per heavy atom. The van der Waals surface area contributed by atoms with Gasteiger partial charge in [-0.25, -0.2) is 0 Å². The Morgan fingerprint density at radius 1 is 1.48 bits per heavy atom. The summed E-state index contributed by atoms with van der Waals surface area (Å²) in [5, 5.41) is 10.4. The van der Waals surface area contributed by atoms with Crippen molar-refractivity contribution in [2.24, 2.45) is 11.8 Å². The Balaban J connectivity index is 2.71. The maximum Gasteiger partial charge on any atom is 0.0802 e. The van der Waals surface area contributed by atoms with Crippen LogP contribution >= 0.6 is 0 Å². The van der Waals surface area contributed by atoms with E-state index in [0.717, 1.165) is 12.8 Å². The van der Waals surface area contributed by atoms with Crippen LogP contribution in [-0.4, -0.2) is 10.7 Å². The second-order valence-corrected chi connectivity index (χ2v) is 7.34. The Bertz CT molecular complexity index is 394. The lowest BCUT2D eigenvalue weighted by Crippen LogP contribution is -2.22. The molecule has 0 saturated carbocycles. The Labute approximate surface area is 131 Å². The molecule has 3 atom stereocenters. The zero-order chi connectivity index (χ0) is 15.9. The summed E-state index contributed by atoms with van der Waals surface area (Å²) in [5.41, 5.74) is 2.22. The van der Waals surface area contributed by atoms with Crippen LogP contribution in [0.5, 0.6) is 0 Å². The van der Waals surface area contributed by atoms with Crippen molar-refractivity contribution in [1.82, 2.24) is 0 Å². The first-order valence-corrected chi connectivity index (χ1v) is 8.51. The minimum atomic E-state index is -0.661. The highest BCUT2D eigenvalue weighted by atomic mass is 16.3. The molecule has 1 heteroatoms. The molecule has 0 heterocycles. The first kappa shape index (κ1) is 18.2. The van der Waals surface area contributed by atoms with E-state index in [1.807, 2.05) is 13.0 Å². The standard InChI is InChI=1S/C20H34O/c1-16(2)8-6-10-18(4)19-12-11-17(3)9-7-14-20(5,21)15-13-19/h8-9,13,15,18-19,21H,6-7,10-12,14H2,1-5H3/b15-13+,17-9+/t18?,19-,20+/m1/s1. The van der Waals surface area contributed by atoms with E-state index in [-0.39, 0.29) is 0 Å². The molecule has 1 rings (SSSR count). The zero-order valence-electron chi connectivity index (χ0n) is 14.7. The number of aliphatic hydroxyl groups is 1. The van der Waals surface area contributed by atoms with E-state index in [0.29, 0.717) is 11.8 Å². The third kappa shape index (κ3) is 7.66. The highest BCUT2D eigenvalue weighted by Crippen LogP contribution is 2.28. The van der Waals surface area contributed by atoms with Crippen LogP contribution in [0.25, 0.3) is 0 Å². The van der Waals surface area contributed by atoms with E-state index < -0.39 is 5.60 Å². The predicted molar refractivity (Wildman–Crippen MR) is 93.3 cm³/mol. The fraction of sp³-hybridized carbons (Fsp3) is 0.700. The molecule has 0 amide bonds. The average molecular weight is 290 g/mol. The highest BCUT2D eigenvalue weighted by Gasteiger charge is 2.20. The number of allylic oxidation sites excluding steroid dienone is 5. The molecule has 0 aromatic heterocycles. The molecule has 0 aliphatic heterocycles. The monoisotopic (exact) mass is 290 g/mol. The van der Waals surface area contributed by atoms with E-state index in [1.165, 1.54) is 36.8 Å². The van der Waals surface area contributed by atoms with Crippen molar-refractivity contribution in [2.45, 2.75) is 78.7 Å². The van der Waals surface area contributed by atoms with Gasteiger partial charge in [-0.15, -0.1) is 0 Å². The van der Waals surface area contributed by atoms with Gasteiger partial charge in [0, 0.05) is 0 Å². The van der Waals surface area contributed by atoms with E-state index >= 15 is 0 Å². The van der Waals surface area contributed by atoms with Crippen molar-refractivity contribution in [3.8, 4) is 0 Å². The van der Waals surface area contributed by atoms with Gasteiger partial charge in [-0.3, -0.25) is 0 Å².